The lowest BCUT2D eigenvalue weighted by atomic mass is 10.1. The number of aryl methyl sites for hydroxylation is 1. The van der Waals surface area contributed by atoms with Gasteiger partial charge in [-0.3, -0.25) is 9.59 Å². The monoisotopic (exact) mass is 372 g/mol. The fraction of sp³-hybridized carbons (Fsp3) is 0.235. The predicted molar refractivity (Wildman–Crippen MR) is 100 cm³/mol. The molecule has 1 aliphatic rings. The Morgan fingerprint density at radius 1 is 1.32 bits per heavy atom. The number of nitrogens with one attached hydrogen (secondary N) is 2. The number of thiophene rings is 1. The van der Waals surface area contributed by atoms with Gasteiger partial charge in [0.25, 0.3) is 5.91 Å². The quantitative estimate of drug-likeness (QED) is 0.599. The number of benzene rings is 1. The number of hydrogen-bond acceptors (Lipinski definition) is 5. The van der Waals surface area contributed by atoms with E-state index >= 15 is 0 Å². The molecule has 2 amide bonds. The number of imidazole rings is 1. The third-order valence-corrected chi connectivity index (χ3v) is 6.21. The summed E-state index contributed by atoms with van der Waals surface area (Å²) in [6.07, 6.45) is 2.84. The van der Waals surface area contributed by atoms with Crippen molar-refractivity contribution in [3.63, 3.8) is 0 Å². The van der Waals surface area contributed by atoms with Crippen molar-refractivity contribution < 1.29 is 9.59 Å². The third-order valence-electron chi connectivity index (χ3n) is 4.13. The van der Waals surface area contributed by atoms with Crippen LogP contribution in [0.25, 0.3) is 11.0 Å². The van der Waals surface area contributed by atoms with Gasteiger partial charge in [0.15, 0.2) is 5.16 Å². The van der Waals surface area contributed by atoms with Crippen molar-refractivity contribution in [1.29, 1.82) is 0 Å². The van der Waals surface area contributed by atoms with E-state index in [1.807, 2.05) is 24.3 Å². The molecule has 1 aliphatic carbocycles. The van der Waals surface area contributed by atoms with Crippen molar-refractivity contribution in [2.75, 3.05) is 11.1 Å². The van der Waals surface area contributed by atoms with Crippen LogP contribution in [0.5, 0.6) is 0 Å². The standard InChI is InChI=1S/C17H16N4O2S2/c18-15(23)14-9-4-3-7-12(9)25-16(14)21-13(22)8-24-17-19-10-5-1-2-6-11(10)20-17/h1-2,5-6H,3-4,7-8H2,(H2,18,23)(H,19,20)(H,21,22). The van der Waals surface area contributed by atoms with Gasteiger partial charge in [0.05, 0.1) is 22.3 Å². The molecule has 4 N–H and O–H groups in total. The first-order valence-electron chi connectivity index (χ1n) is 7.93. The van der Waals surface area contributed by atoms with Gasteiger partial charge < -0.3 is 16.0 Å². The Kier molecular flexibility index (Phi) is 4.22. The molecular formula is C17H16N4O2S2. The van der Waals surface area contributed by atoms with E-state index in [4.69, 9.17) is 5.73 Å². The fourth-order valence-corrected chi connectivity index (χ4v) is 5.04. The molecule has 0 saturated heterocycles. The van der Waals surface area contributed by atoms with Crippen molar-refractivity contribution >= 4 is 50.9 Å². The highest BCUT2D eigenvalue weighted by Crippen LogP contribution is 2.38. The van der Waals surface area contributed by atoms with Crippen LogP contribution in [0.1, 0.15) is 27.2 Å². The van der Waals surface area contributed by atoms with Crippen LogP contribution in [0.15, 0.2) is 29.4 Å². The lowest BCUT2D eigenvalue weighted by Crippen LogP contribution is -2.18. The predicted octanol–water partition coefficient (Wildman–Crippen LogP) is 2.94. The molecule has 0 saturated carbocycles. The Balaban J connectivity index is 1.45. The Hall–Kier alpha value is -2.32. The van der Waals surface area contributed by atoms with Gasteiger partial charge in [0.1, 0.15) is 5.00 Å². The van der Waals surface area contributed by atoms with Crippen LogP contribution in [0.2, 0.25) is 0 Å². The molecule has 4 rings (SSSR count). The molecule has 3 aromatic rings. The van der Waals surface area contributed by atoms with E-state index in [1.54, 1.807) is 0 Å². The van der Waals surface area contributed by atoms with Crippen molar-refractivity contribution in [1.82, 2.24) is 9.97 Å². The molecule has 0 atom stereocenters. The van der Waals surface area contributed by atoms with E-state index in [-0.39, 0.29) is 11.7 Å². The number of hydrogen-bond donors (Lipinski definition) is 3. The fourth-order valence-electron chi connectivity index (χ4n) is 3.05. The summed E-state index contributed by atoms with van der Waals surface area (Å²) in [5.74, 6) is -0.437. The van der Waals surface area contributed by atoms with Crippen LogP contribution in [0.3, 0.4) is 0 Å². The number of primary amides is 1. The van der Waals surface area contributed by atoms with Crippen molar-refractivity contribution in [2.45, 2.75) is 24.4 Å². The van der Waals surface area contributed by atoms with E-state index in [2.05, 4.69) is 15.3 Å². The van der Waals surface area contributed by atoms with Crippen LogP contribution in [-0.2, 0) is 17.6 Å². The highest BCUT2D eigenvalue weighted by molar-refractivity contribution is 7.99. The lowest BCUT2D eigenvalue weighted by molar-refractivity contribution is -0.113. The highest BCUT2D eigenvalue weighted by atomic mass is 32.2. The number of anilines is 1. The Morgan fingerprint density at radius 3 is 2.96 bits per heavy atom. The first-order valence-corrected chi connectivity index (χ1v) is 9.74. The van der Waals surface area contributed by atoms with Gasteiger partial charge in [0, 0.05) is 4.88 Å². The molecule has 25 heavy (non-hydrogen) atoms. The smallest absolute Gasteiger partial charge is 0.251 e. The average Bonchev–Trinajstić information content (AvgIpc) is 3.25. The van der Waals surface area contributed by atoms with E-state index in [9.17, 15) is 9.59 Å². The first kappa shape index (κ1) is 16.2. The Labute approximate surface area is 152 Å². The van der Waals surface area contributed by atoms with Crippen LogP contribution in [0, 0.1) is 0 Å². The number of aromatic amines is 1. The molecule has 0 unspecified atom stereocenters. The van der Waals surface area contributed by atoms with E-state index in [1.165, 1.54) is 23.1 Å². The number of para-hydroxylation sites is 2. The Bertz CT molecular complexity index is 943. The van der Waals surface area contributed by atoms with Gasteiger partial charge in [-0.15, -0.1) is 11.3 Å². The van der Waals surface area contributed by atoms with E-state index in [0.717, 1.165) is 40.7 Å². The number of nitrogens with two attached hydrogens (primary N) is 1. The molecule has 2 heterocycles. The largest absolute Gasteiger partial charge is 0.365 e. The Morgan fingerprint density at radius 2 is 2.16 bits per heavy atom. The summed E-state index contributed by atoms with van der Waals surface area (Å²) in [6.45, 7) is 0. The first-order chi connectivity index (χ1) is 12.1. The van der Waals surface area contributed by atoms with Gasteiger partial charge in [0.2, 0.25) is 5.91 Å². The van der Waals surface area contributed by atoms with Crippen LogP contribution >= 0.6 is 23.1 Å². The molecular weight excluding hydrogens is 356 g/mol. The minimum Gasteiger partial charge on any atom is -0.365 e. The second-order valence-corrected chi connectivity index (χ2v) is 7.89. The van der Waals surface area contributed by atoms with Gasteiger partial charge in [-0.1, -0.05) is 23.9 Å². The summed E-state index contributed by atoms with van der Waals surface area (Å²) in [5.41, 5.74) is 8.82. The average molecular weight is 372 g/mol. The maximum absolute atomic E-state index is 12.3. The van der Waals surface area contributed by atoms with E-state index in [0.29, 0.717) is 15.7 Å². The number of carbonyl (C=O) groups is 2. The molecule has 0 radical (unpaired) electrons. The third kappa shape index (κ3) is 3.14. The summed E-state index contributed by atoms with van der Waals surface area (Å²) in [6, 6.07) is 7.72. The maximum atomic E-state index is 12.3. The van der Waals surface area contributed by atoms with Gasteiger partial charge in [-0.2, -0.15) is 0 Å². The summed E-state index contributed by atoms with van der Waals surface area (Å²) in [5, 5.41) is 4.11. The number of H-pyrrole nitrogens is 1. The molecule has 0 bridgehead atoms. The molecule has 6 nitrogen and oxygen atoms in total. The highest BCUT2D eigenvalue weighted by Gasteiger charge is 2.26. The van der Waals surface area contributed by atoms with E-state index < -0.39 is 5.91 Å². The summed E-state index contributed by atoms with van der Waals surface area (Å²) >= 11 is 2.79. The number of amides is 2. The number of nitrogens with zero attached hydrogens (tertiary/aromatic N) is 1. The summed E-state index contributed by atoms with van der Waals surface area (Å²) < 4.78 is 0. The van der Waals surface area contributed by atoms with Crippen LogP contribution in [-0.4, -0.2) is 27.5 Å². The van der Waals surface area contributed by atoms with Crippen molar-refractivity contribution in [2.24, 2.45) is 5.73 Å². The molecule has 1 aromatic carbocycles. The van der Waals surface area contributed by atoms with Crippen molar-refractivity contribution in [3.05, 3.63) is 40.3 Å². The van der Waals surface area contributed by atoms with Crippen LogP contribution < -0.4 is 11.1 Å². The summed E-state index contributed by atoms with van der Waals surface area (Å²) in [7, 11) is 0. The minimum absolute atomic E-state index is 0.173. The second-order valence-electron chi connectivity index (χ2n) is 5.82. The number of carbonyl (C=O) groups excluding carboxylic acids is 2. The van der Waals surface area contributed by atoms with Gasteiger partial charge in [-0.25, -0.2) is 4.98 Å². The molecule has 0 aliphatic heterocycles. The zero-order valence-corrected chi connectivity index (χ0v) is 14.9. The number of fused-ring (bicyclic) bond motifs is 2. The van der Waals surface area contributed by atoms with Gasteiger partial charge >= 0.3 is 0 Å². The topological polar surface area (TPSA) is 101 Å². The second kappa shape index (κ2) is 6.53. The number of aromatic nitrogens is 2. The lowest BCUT2D eigenvalue weighted by Gasteiger charge is -2.05. The maximum Gasteiger partial charge on any atom is 0.251 e. The molecule has 2 aromatic heterocycles. The number of thioether (sulfide) groups is 1. The zero-order valence-electron chi connectivity index (χ0n) is 13.3. The SMILES string of the molecule is NC(=O)c1c(NC(=O)CSc2nc3ccccc3[nH]2)sc2c1CCC2. The minimum atomic E-state index is -0.473. The molecule has 128 valence electrons. The van der Waals surface area contributed by atoms with Gasteiger partial charge in [-0.05, 0) is 37.0 Å². The van der Waals surface area contributed by atoms with Crippen LogP contribution in [0.4, 0.5) is 5.00 Å². The normalized spacial score (nSPS) is 13.1. The van der Waals surface area contributed by atoms with Crippen molar-refractivity contribution in [3.8, 4) is 0 Å². The summed E-state index contributed by atoms with van der Waals surface area (Å²) in [4.78, 5) is 32.8. The molecule has 0 spiro atoms. The number of rotatable bonds is 5. The molecule has 8 heteroatoms. The molecule has 0 fully saturated rings. The zero-order chi connectivity index (χ0) is 17.4.